The minimum Gasteiger partial charge on any atom is -0.383 e. The van der Waals surface area contributed by atoms with Crippen molar-refractivity contribution < 1.29 is 14.3 Å². The second-order valence-corrected chi connectivity index (χ2v) is 3.23. The predicted octanol–water partition coefficient (Wildman–Crippen LogP) is -0.414. The van der Waals surface area contributed by atoms with Gasteiger partial charge < -0.3 is 15.8 Å². The van der Waals surface area contributed by atoms with Crippen molar-refractivity contribution in [2.75, 3.05) is 20.3 Å². The van der Waals surface area contributed by atoms with E-state index in [1.54, 1.807) is 7.11 Å². The molecule has 0 heterocycles. The van der Waals surface area contributed by atoms with Gasteiger partial charge in [0.1, 0.15) is 0 Å². The zero-order valence-corrected chi connectivity index (χ0v) is 9.21. The predicted molar refractivity (Wildman–Crippen MR) is 56.3 cm³/mol. The van der Waals surface area contributed by atoms with Gasteiger partial charge >= 0.3 is 6.03 Å². The van der Waals surface area contributed by atoms with E-state index in [9.17, 15) is 9.59 Å². The molecule has 0 rings (SSSR count). The number of hydrogen-bond acceptors (Lipinski definition) is 4. The van der Waals surface area contributed by atoms with Gasteiger partial charge in [-0.2, -0.15) is 0 Å². The van der Waals surface area contributed by atoms with Crippen LogP contribution in [0.1, 0.15) is 19.8 Å². The Balaban J connectivity index is 3.77. The van der Waals surface area contributed by atoms with Gasteiger partial charge in [0.2, 0.25) is 5.91 Å². The van der Waals surface area contributed by atoms with Crippen LogP contribution in [0.3, 0.4) is 0 Å². The molecule has 0 bridgehead atoms. The van der Waals surface area contributed by atoms with E-state index in [-0.39, 0.29) is 12.6 Å². The van der Waals surface area contributed by atoms with E-state index in [4.69, 9.17) is 10.5 Å². The van der Waals surface area contributed by atoms with Gasteiger partial charge in [-0.3, -0.25) is 10.1 Å². The number of rotatable bonds is 7. The van der Waals surface area contributed by atoms with Gasteiger partial charge in [0.15, 0.2) is 0 Å². The number of amides is 3. The van der Waals surface area contributed by atoms with Crippen LogP contribution in [0.5, 0.6) is 0 Å². The minimum absolute atomic E-state index is 0.0664. The lowest BCUT2D eigenvalue weighted by molar-refractivity contribution is -0.119. The van der Waals surface area contributed by atoms with Crippen LogP contribution >= 0.6 is 0 Å². The Morgan fingerprint density at radius 2 is 2.13 bits per heavy atom. The summed E-state index contributed by atoms with van der Waals surface area (Å²) in [6.07, 6.45) is 1.91. The van der Waals surface area contributed by atoms with Crippen molar-refractivity contribution in [2.45, 2.75) is 25.8 Å². The van der Waals surface area contributed by atoms with Crippen LogP contribution in [0, 0.1) is 0 Å². The molecular weight excluding hydrogens is 198 g/mol. The monoisotopic (exact) mass is 217 g/mol. The number of nitrogens with two attached hydrogens (primary N) is 1. The smallest absolute Gasteiger partial charge is 0.318 e. The van der Waals surface area contributed by atoms with Crippen LogP contribution in [-0.2, 0) is 9.53 Å². The first-order valence-electron chi connectivity index (χ1n) is 4.91. The van der Waals surface area contributed by atoms with Gasteiger partial charge in [-0.15, -0.1) is 0 Å². The summed E-state index contributed by atoms with van der Waals surface area (Å²) >= 11 is 0. The normalized spacial score (nSPS) is 12.1. The lowest BCUT2D eigenvalue weighted by Gasteiger charge is -2.16. The average Bonchev–Trinajstić information content (AvgIpc) is 2.14. The van der Waals surface area contributed by atoms with E-state index in [2.05, 4.69) is 5.32 Å². The molecule has 0 aliphatic heterocycles. The molecule has 88 valence electrons. The summed E-state index contributed by atoms with van der Waals surface area (Å²) in [5.41, 5.74) is 4.79. The van der Waals surface area contributed by atoms with Gasteiger partial charge in [-0.1, -0.05) is 13.3 Å². The van der Waals surface area contributed by atoms with Crippen LogP contribution in [0.4, 0.5) is 4.79 Å². The van der Waals surface area contributed by atoms with Crippen molar-refractivity contribution >= 4 is 11.9 Å². The quantitative estimate of drug-likeness (QED) is 0.540. The molecule has 0 aromatic carbocycles. The standard InChI is InChI=1S/C9H19N3O3/c1-3-4-7(6-15-2)11-5-8(13)12-9(10)14/h7,11H,3-6H2,1-2H3,(H3,10,12,13,14). The molecule has 0 saturated heterocycles. The number of urea groups is 1. The first-order valence-corrected chi connectivity index (χ1v) is 4.91. The van der Waals surface area contributed by atoms with Crippen molar-refractivity contribution in [1.29, 1.82) is 0 Å². The van der Waals surface area contributed by atoms with Gasteiger partial charge in [0.05, 0.1) is 13.2 Å². The minimum atomic E-state index is -0.833. The summed E-state index contributed by atoms with van der Waals surface area (Å²) in [4.78, 5) is 21.4. The second-order valence-electron chi connectivity index (χ2n) is 3.23. The van der Waals surface area contributed by atoms with Gasteiger partial charge in [-0.25, -0.2) is 4.79 Å². The number of hydrogen-bond donors (Lipinski definition) is 3. The zero-order valence-electron chi connectivity index (χ0n) is 9.21. The molecule has 1 unspecified atom stereocenters. The summed E-state index contributed by atoms with van der Waals surface area (Å²) in [5.74, 6) is -0.431. The number of carbonyl (C=O) groups is 2. The van der Waals surface area contributed by atoms with Crippen molar-refractivity contribution in [3.05, 3.63) is 0 Å². The molecule has 0 aliphatic rings. The van der Waals surface area contributed by atoms with Gasteiger partial charge in [0.25, 0.3) is 0 Å². The fraction of sp³-hybridized carbons (Fsp3) is 0.778. The molecule has 1 atom stereocenters. The highest BCUT2D eigenvalue weighted by molar-refractivity contribution is 5.94. The molecule has 0 aliphatic carbocycles. The molecule has 0 saturated carbocycles. The highest BCUT2D eigenvalue weighted by atomic mass is 16.5. The molecule has 6 nitrogen and oxygen atoms in total. The summed E-state index contributed by atoms with van der Waals surface area (Å²) in [7, 11) is 1.60. The van der Waals surface area contributed by atoms with Crippen molar-refractivity contribution in [3.63, 3.8) is 0 Å². The second kappa shape index (κ2) is 8.19. The fourth-order valence-electron chi connectivity index (χ4n) is 1.21. The van der Waals surface area contributed by atoms with Crippen LogP contribution in [0.2, 0.25) is 0 Å². The van der Waals surface area contributed by atoms with Crippen LogP contribution in [-0.4, -0.2) is 38.2 Å². The third-order valence-corrected chi connectivity index (χ3v) is 1.82. The number of carbonyl (C=O) groups excluding carboxylic acids is 2. The third kappa shape index (κ3) is 7.90. The Morgan fingerprint density at radius 3 is 2.60 bits per heavy atom. The first-order chi connectivity index (χ1) is 7.10. The Bertz CT molecular complexity index is 203. The fourth-order valence-corrected chi connectivity index (χ4v) is 1.21. The maximum absolute atomic E-state index is 11.1. The third-order valence-electron chi connectivity index (χ3n) is 1.82. The summed E-state index contributed by atoms with van der Waals surface area (Å²) in [6.45, 7) is 2.66. The zero-order chi connectivity index (χ0) is 11.7. The van der Waals surface area contributed by atoms with Gasteiger partial charge in [0, 0.05) is 13.2 Å². The van der Waals surface area contributed by atoms with E-state index in [0.717, 1.165) is 12.8 Å². The SMILES string of the molecule is CCCC(COC)NCC(=O)NC(N)=O. The molecule has 15 heavy (non-hydrogen) atoms. The van der Waals surface area contributed by atoms with Crippen LogP contribution in [0.25, 0.3) is 0 Å². The molecule has 0 spiro atoms. The molecule has 3 amide bonds. The van der Waals surface area contributed by atoms with Crippen molar-refractivity contribution in [1.82, 2.24) is 10.6 Å². The Kier molecular flexibility index (Phi) is 7.57. The number of ether oxygens (including phenoxy) is 1. The lowest BCUT2D eigenvalue weighted by Crippen LogP contribution is -2.44. The van der Waals surface area contributed by atoms with E-state index < -0.39 is 11.9 Å². The van der Waals surface area contributed by atoms with E-state index in [1.807, 2.05) is 12.2 Å². The molecule has 6 heteroatoms. The highest BCUT2D eigenvalue weighted by Gasteiger charge is 2.09. The molecule has 0 radical (unpaired) electrons. The van der Waals surface area contributed by atoms with Crippen LogP contribution in [0.15, 0.2) is 0 Å². The van der Waals surface area contributed by atoms with Crippen molar-refractivity contribution in [2.24, 2.45) is 5.73 Å². The summed E-state index contributed by atoms with van der Waals surface area (Å²) in [6, 6.07) is -0.709. The number of methoxy groups -OCH3 is 1. The number of primary amides is 1. The van der Waals surface area contributed by atoms with Crippen molar-refractivity contribution in [3.8, 4) is 0 Å². The summed E-state index contributed by atoms with van der Waals surface area (Å²) in [5, 5.41) is 4.96. The van der Waals surface area contributed by atoms with E-state index in [0.29, 0.717) is 6.61 Å². The lowest BCUT2D eigenvalue weighted by atomic mass is 10.2. The topological polar surface area (TPSA) is 93.4 Å². The summed E-state index contributed by atoms with van der Waals surface area (Å²) < 4.78 is 4.98. The molecule has 0 aromatic rings. The Hall–Kier alpha value is -1.14. The molecule has 0 aromatic heterocycles. The maximum Gasteiger partial charge on any atom is 0.318 e. The average molecular weight is 217 g/mol. The number of nitrogens with one attached hydrogen (secondary N) is 2. The molecular formula is C9H19N3O3. The van der Waals surface area contributed by atoms with E-state index in [1.165, 1.54) is 0 Å². The number of imide groups is 1. The molecule has 0 fully saturated rings. The highest BCUT2D eigenvalue weighted by Crippen LogP contribution is 1.96. The van der Waals surface area contributed by atoms with Gasteiger partial charge in [-0.05, 0) is 6.42 Å². The maximum atomic E-state index is 11.1. The first kappa shape index (κ1) is 13.9. The van der Waals surface area contributed by atoms with Crippen LogP contribution < -0.4 is 16.4 Å². The Morgan fingerprint density at radius 1 is 1.47 bits per heavy atom. The van der Waals surface area contributed by atoms with E-state index >= 15 is 0 Å². The largest absolute Gasteiger partial charge is 0.383 e. The Labute approximate surface area is 89.5 Å². The molecule has 4 N–H and O–H groups in total.